The minimum atomic E-state index is -0.941. The van der Waals surface area contributed by atoms with E-state index in [9.17, 15) is 13.9 Å². The Labute approximate surface area is 187 Å². The third kappa shape index (κ3) is 3.96. The normalized spacial score (nSPS) is 18.7. The fourth-order valence-corrected chi connectivity index (χ4v) is 4.10. The molecule has 0 radical (unpaired) electrons. The maximum Gasteiger partial charge on any atom is 0.165 e. The molecule has 2 atom stereocenters. The van der Waals surface area contributed by atoms with Gasteiger partial charge >= 0.3 is 0 Å². The lowest BCUT2D eigenvalue weighted by Gasteiger charge is -2.36. The van der Waals surface area contributed by atoms with Crippen molar-refractivity contribution >= 4 is 22.7 Å². The van der Waals surface area contributed by atoms with Gasteiger partial charge in [0, 0.05) is 24.7 Å². The number of aromatic nitrogens is 5. The molecule has 0 saturated carbocycles. The molecule has 4 aromatic rings. The second-order valence-electron chi connectivity index (χ2n) is 8.10. The molecule has 1 fully saturated rings. The van der Waals surface area contributed by atoms with Gasteiger partial charge in [-0.3, -0.25) is 4.98 Å². The first kappa shape index (κ1) is 21.2. The van der Waals surface area contributed by atoms with Gasteiger partial charge in [-0.15, -0.1) is 0 Å². The second-order valence-corrected chi connectivity index (χ2v) is 8.10. The molecule has 9 nitrogen and oxygen atoms in total. The van der Waals surface area contributed by atoms with Crippen molar-refractivity contribution in [3.8, 4) is 11.3 Å². The highest BCUT2D eigenvalue weighted by Crippen LogP contribution is 2.30. The number of nitrogen functional groups attached to an aromatic ring is 1. The highest BCUT2D eigenvalue weighted by atomic mass is 19.2. The number of imidazole rings is 1. The van der Waals surface area contributed by atoms with Crippen molar-refractivity contribution in [3.63, 3.8) is 0 Å². The standard InChI is InChI=1S/C22H22F2N8O/c23-14-2-1-12(5-15(14)24)17-6-13(8-32-11-30-20-21(26)28-10-29-22(20)32)18(7-27-17)31-4-3-19(33)16(25)9-31/h1-2,5-7,10-11,16,19,33H,3-4,8-9,25H2,(H2,26,28,29)/t16-,19+/m0/s1. The maximum atomic E-state index is 13.8. The van der Waals surface area contributed by atoms with Crippen molar-refractivity contribution in [2.24, 2.45) is 5.73 Å². The van der Waals surface area contributed by atoms with Crippen molar-refractivity contribution in [2.45, 2.75) is 25.1 Å². The Morgan fingerprint density at radius 1 is 1.09 bits per heavy atom. The van der Waals surface area contributed by atoms with Crippen LogP contribution in [0.15, 0.2) is 43.1 Å². The first-order valence-corrected chi connectivity index (χ1v) is 10.4. The highest BCUT2D eigenvalue weighted by Gasteiger charge is 2.27. The Bertz CT molecular complexity index is 1330. The zero-order valence-electron chi connectivity index (χ0n) is 17.6. The Hall–Kier alpha value is -3.70. The fourth-order valence-electron chi connectivity index (χ4n) is 4.10. The van der Waals surface area contributed by atoms with Crippen LogP contribution in [0.1, 0.15) is 12.0 Å². The quantitative estimate of drug-likeness (QED) is 0.426. The number of hydrogen-bond donors (Lipinski definition) is 3. The third-order valence-electron chi connectivity index (χ3n) is 5.91. The molecule has 0 spiro atoms. The maximum absolute atomic E-state index is 13.8. The van der Waals surface area contributed by atoms with Crippen LogP contribution in [0.2, 0.25) is 0 Å². The smallest absolute Gasteiger partial charge is 0.165 e. The third-order valence-corrected chi connectivity index (χ3v) is 5.91. The van der Waals surface area contributed by atoms with Gasteiger partial charge in [0.2, 0.25) is 0 Å². The largest absolute Gasteiger partial charge is 0.391 e. The van der Waals surface area contributed by atoms with Gasteiger partial charge in [0.1, 0.15) is 11.8 Å². The van der Waals surface area contributed by atoms with E-state index >= 15 is 0 Å². The van der Waals surface area contributed by atoms with Gasteiger partial charge in [-0.1, -0.05) is 0 Å². The van der Waals surface area contributed by atoms with Crippen molar-refractivity contribution in [1.82, 2.24) is 24.5 Å². The van der Waals surface area contributed by atoms with E-state index in [1.807, 2.05) is 10.6 Å². The molecule has 0 bridgehead atoms. The van der Waals surface area contributed by atoms with Crippen LogP contribution in [0, 0.1) is 11.6 Å². The topological polar surface area (TPSA) is 132 Å². The minimum absolute atomic E-state index is 0.284. The Kier molecular flexibility index (Phi) is 5.35. The van der Waals surface area contributed by atoms with E-state index in [1.54, 1.807) is 12.5 Å². The molecule has 1 saturated heterocycles. The summed E-state index contributed by atoms with van der Waals surface area (Å²) in [7, 11) is 0. The van der Waals surface area contributed by atoms with Crippen LogP contribution in [0.3, 0.4) is 0 Å². The Morgan fingerprint density at radius 3 is 2.73 bits per heavy atom. The summed E-state index contributed by atoms with van der Waals surface area (Å²) in [4.78, 5) is 19.2. The lowest BCUT2D eigenvalue weighted by Crippen LogP contribution is -2.51. The van der Waals surface area contributed by atoms with E-state index in [0.29, 0.717) is 48.5 Å². The van der Waals surface area contributed by atoms with Crippen molar-refractivity contribution in [2.75, 3.05) is 23.7 Å². The number of pyridine rings is 1. The lowest BCUT2D eigenvalue weighted by atomic mass is 10.0. The monoisotopic (exact) mass is 452 g/mol. The van der Waals surface area contributed by atoms with Gasteiger partial charge in [0.15, 0.2) is 23.1 Å². The predicted molar refractivity (Wildman–Crippen MR) is 119 cm³/mol. The van der Waals surface area contributed by atoms with Crippen molar-refractivity contribution in [3.05, 3.63) is 60.3 Å². The molecule has 1 aliphatic rings. The average molecular weight is 452 g/mol. The molecule has 5 rings (SSSR count). The molecule has 1 aromatic carbocycles. The first-order chi connectivity index (χ1) is 15.9. The van der Waals surface area contributed by atoms with E-state index in [2.05, 4.69) is 24.8 Å². The van der Waals surface area contributed by atoms with Gasteiger partial charge in [0.05, 0.1) is 36.6 Å². The molecular weight excluding hydrogens is 430 g/mol. The number of nitrogens with zero attached hydrogens (tertiary/aromatic N) is 6. The number of anilines is 2. The van der Waals surface area contributed by atoms with E-state index in [0.717, 1.165) is 23.4 Å². The van der Waals surface area contributed by atoms with Gasteiger partial charge in [0.25, 0.3) is 0 Å². The summed E-state index contributed by atoms with van der Waals surface area (Å²) in [6.45, 7) is 1.43. The molecule has 0 unspecified atom stereocenters. The molecule has 0 aliphatic carbocycles. The average Bonchev–Trinajstić information content (AvgIpc) is 3.22. The van der Waals surface area contributed by atoms with Crippen LogP contribution in [0.4, 0.5) is 20.3 Å². The molecule has 33 heavy (non-hydrogen) atoms. The summed E-state index contributed by atoms with van der Waals surface area (Å²) < 4.78 is 29.1. The zero-order chi connectivity index (χ0) is 23.1. The van der Waals surface area contributed by atoms with E-state index in [4.69, 9.17) is 11.5 Å². The van der Waals surface area contributed by atoms with Crippen molar-refractivity contribution < 1.29 is 13.9 Å². The number of piperidine rings is 1. The van der Waals surface area contributed by atoms with Crippen LogP contribution < -0.4 is 16.4 Å². The molecule has 0 amide bonds. The van der Waals surface area contributed by atoms with Gasteiger partial charge in [-0.25, -0.2) is 23.7 Å². The summed E-state index contributed by atoms with van der Waals surface area (Å²) in [6, 6.07) is 5.12. The molecule has 5 N–H and O–H groups in total. The number of fused-ring (bicyclic) bond motifs is 1. The van der Waals surface area contributed by atoms with Crippen LogP contribution in [-0.2, 0) is 6.54 Å². The number of aliphatic hydroxyl groups is 1. The summed E-state index contributed by atoms with van der Waals surface area (Å²) >= 11 is 0. The number of aliphatic hydroxyl groups excluding tert-OH is 1. The predicted octanol–water partition coefficient (Wildman–Crippen LogP) is 1.70. The SMILES string of the molecule is Nc1ncnc2c1ncn2Cc1cc(-c2ccc(F)c(F)c2)ncc1N1CC[C@@H](O)[C@@H](N)C1. The van der Waals surface area contributed by atoms with Crippen molar-refractivity contribution in [1.29, 1.82) is 0 Å². The van der Waals surface area contributed by atoms with E-state index in [1.165, 1.54) is 12.4 Å². The molecule has 3 aromatic heterocycles. The molecular formula is C22H22F2N8O. The van der Waals surface area contributed by atoms with Gasteiger partial charge in [-0.2, -0.15) is 0 Å². The molecule has 11 heteroatoms. The molecule has 170 valence electrons. The minimum Gasteiger partial charge on any atom is -0.391 e. The Morgan fingerprint density at radius 2 is 1.94 bits per heavy atom. The lowest BCUT2D eigenvalue weighted by molar-refractivity contribution is 0.124. The van der Waals surface area contributed by atoms with Crippen LogP contribution in [-0.4, -0.2) is 54.8 Å². The summed E-state index contributed by atoms with van der Waals surface area (Å²) in [6.07, 6.45) is 4.67. The van der Waals surface area contributed by atoms with Crippen LogP contribution in [0.5, 0.6) is 0 Å². The van der Waals surface area contributed by atoms with Gasteiger partial charge in [-0.05, 0) is 36.2 Å². The number of nitrogens with two attached hydrogens (primary N) is 2. The van der Waals surface area contributed by atoms with Crippen LogP contribution >= 0.6 is 0 Å². The number of benzene rings is 1. The Balaban J connectivity index is 1.58. The molecule has 4 heterocycles. The number of halogens is 2. The fraction of sp³-hybridized carbons (Fsp3) is 0.273. The summed E-state index contributed by atoms with van der Waals surface area (Å²) in [5.41, 5.74) is 15.7. The summed E-state index contributed by atoms with van der Waals surface area (Å²) in [5.74, 6) is -1.57. The highest BCUT2D eigenvalue weighted by molar-refractivity contribution is 5.81. The number of hydrogen-bond acceptors (Lipinski definition) is 8. The van der Waals surface area contributed by atoms with Crippen LogP contribution in [0.25, 0.3) is 22.4 Å². The van der Waals surface area contributed by atoms with Gasteiger partial charge < -0.3 is 26.0 Å². The zero-order valence-corrected chi connectivity index (χ0v) is 17.6. The number of rotatable bonds is 4. The van der Waals surface area contributed by atoms with E-state index < -0.39 is 17.7 Å². The van der Waals surface area contributed by atoms with E-state index in [-0.39, 0.29) is 11.9 Å². The molecule has 1 aliphatic heterocycles. The first-order valence-electron chi connectivity index (χ1n) is 10.4. The second kappa shape index (κ2) is 8.34. The summed E-state index contributed by atoms with van der Waals surface area (Å²) in [5, 5.41) is 10.0.